The number of urea groups is 1. The summed E-state index contributed by atoms with van der Waals surface area (Å²) in [5.74, 6) is -0.279. The average molecular weight is 398 g/mol. The van der Waals surface area contributed by atoms with Gasteiger partial charge in [-0.05, 0) is 11.6 Å². The molecule has 138 valence electrons. The second-order valence-corrected chi connectivity index (χ2v) is 8.17. The predicted octanol–water partition coefficient (Wildman–Crippen LogP) is 3.16. The van der Waals surface area contributed by atoms with Crippen molar-refractivity contribution in [1.82, 2.24) is 5.32 Å². The van der Waals surface area contributed by atoms with Crippen LogP contribution < -0.4 is 10.6 Å². The number of amides is 2. The predicted molar refractivity (Wildman–Crippen MR) is 99.2 cm³/mol. The summed E-state index contributed by atoms with van der Waals surface area (Å²) in [6.07, 6.45) is 1.08. The van der Waals surface area contributed by atoms with Crippen LogP contribution in [0.3, 0.4) is 0 Å². The molecule has 0 saturated carbocycles. The molecule has 0 fully saturated rings. The maximum atomic E-state index is 12.2. The first-order chi connectivity index (χ1) is 12.2. The number of halogens is 1. The van der Waals surface area contributed by atoms with Crippen LogP contribution >= 0.6 is 11.6 Å². The van der Waals surface area contributed by atoms with Gasteiger partial charge in [-0.15, -0.1) is 0 Å². The van der Waals surface area contributed by atoms with E-state index in [0.29, 0.717) is 5.56 Å². The van der Waals surface area contributed by atoms with E-state index < -0.39 is 26.8 Å². The minimum absolute atomic E-state index is 0.00581. The number of sulfone groups is 1. The fraction of sp³-hybridized carbons (Fsp3) is 0.188. The fourth-order valence-corrected chi connectivity index (χ4v) is 3.35. The third kappa shape index (κ3) is 5.71. The van der Waals surface area contributed by atoms with Crippen LogP contribution in [0.15, 0.2) is 48.5 Å². The first-order valence-electron chi connectivity index (χ1n) is 7.40. The number of nitro benzene ring substituents is 1. The molecule has 0 saturated heterocycles. The van der Waals surface area contributed by atoms with Gasteiger partial charge >= 0.3 is 6.03 Å². The number of nitrogens with zero attached hydrogens (tertiary/aromatic N) is 1. The molecule has 0 aliphatic carbocycles. The molecule has 2 N–H and O–H groups in total. The normalized spacial score (nSPS) is 12.2. The van der Waals surface area contributed by atoms with Crippen molar-refractivity contribution in [2.45, 2.75) is 6.04 Å². The first-order valence-corrected chi connectivity index (χ1v) is 9.83. The lowest BCUT2D eigenvalue weighted by Crippen LogP contribution is -2.36. The van der Waals surface area contributed by atoms with Gasteiger partial charge in [-0.3, -0.25) is 10.1 Å². The van der Waals surface area contributed by atoms with Crippen LogP contribution in [-0.2, 0) is 9.84 Å². The quantitative estimate of drug-likeness (QED) is 0.573. The van der Waals surface area contributed by atoms with Crippen molar-refractivity contribution in [3.8, 4) is 0 Å². The van der Waals surface area contributed by atoms with Crippen molar-refractivity contribution in [3.05, 3.63) is 69.2 Å². The molecule has 0 radical (unpaired) electrons. The van der Waals surface area contributed by atoms with Gasteiger partial charge in [0, 0.05) is 18.4 Å². The van der Waals surface area contributed by atoms with E-state index >= 15 is 0 Å². The summed E-state index contributed by atoms with van der Waals surface area (Å²) in [6, 6.07) is 10.8. The summed E-state index contributed by atoms with van der Waals surface area (Å²) in [6.45, 7) is 0. The summed E-state index contributed by atoms with van der Waals surface area (Å²) in [5.41, 5.74) is 0.587. The Morgan fingerprint density at radius 1 is 1.23 bits per heavy atom. The first kappa shape index (κ1) is 19.7. The van der Waals surface area contributed by atoms with Gasteiger partial charge in [0.25, 0.3) is 5.69 Å². The summed E-state index contributed by atoms with van der Waals surface area (Å²) in [5, 5.41) is 15.8. The number of anilines is 1. The summed E-state index contributed by atoms with van der Waals surface area (Å²) in [7, 11) is -3.36. The smallest absolute Gasteiger partial charge is 0.319 e. The maximum Gasteiger partial charge on any atom is 0.319 e. The highest BCUT2D eigenvalue weighted by Crippen LogP contribution is 2.26. The Morgan fingerprint density at radius 3 is 2.42 bits per heavy atom. The summed E-state index contributed by atoms with van der Waals surface area (Å²) >= 11 is 5.93. The highest BCUT2D eigenvalue weighted by atomic mass is 35.5. The number of benzene rings is 2. The van der Waals surface area contributed by atoms with Gasteiger partial charge in [0.15, 0.2) is 0 Å². The molecule has 0 unspecified atom stereocenters. The zero-order chi connectivity index (χ0) is 19.3. The summed E-state index contributed by atoms with van der Waals surface area (Å²) in [4.78, 5) is 22.4. The average Bonchev–Trinajstić information content (AvgIpc) is 2.55. The molecule has 0 heterocycles. The molecule has 8 nitrogen and oxygen atoms in total. The molecule has 2 rings (SSSR count). The van der Waals surface area contributed by atoms with Crippen LogP contribution in [0.25, 0.3) is 0 Å². The van der Waals surface area contributed by atoms with Crippen molar-refractivity contribution in [2.24, 2.45) is 0 Å². The van der Waals surface area contributed by atoms with Crippen molar-refractivity contribution in [2.75, 3.05) is 17.3 Å². The number of hydrogen-bond donors (Lipinski definition) is 2. The second-order valence-electron chi connectivity index (χ2n) is 5.58. The van der Waals surface area contributed by atoms with E-state index in [-0.39, 0.29) is 22.2 Å². The van der Waals surface area contributed by atoms with Gasteiger partial charge < -0.3 is 10.6 Å². The van der Waals surface area contributed by atoms with E-state index in [4.69, 9.17) is 11.6 Å². The Morgan fingerprint density at radius 2 is 1.88 bits per heavy atom. The van der Waals surface area contributed by atoms with Crippen molar-refractivity contribution in [3.63, 3.8) is 0 Å². The van der Waals surface area contributed by atoms with Gasteiger partial charge in [-0.25, -0.2) is 13.2 Å². The molecule has 1 atom stereocenters. The van der Waals surface area contributed by atoms with E-state index in [1.54, 1.807) is 30.3 Å². The SMILES string of the molecule is CS(=O)(=O)C[C@H](NC(=O)Nc1ccc([N+](=O)[O-])cc1Cl)c1ccccc1. The van der Waals surface area contributed by atoms with Gasteiger partial charge in [0.2, 0.25) is 0 Å². The lowest BCUT2D eigenvalue weighted by atomic mass is 10.1. The zero-order valence-corrected chi connectivity index (χ0v) is 15.3. The molecule has 2 aromatic carbocycles. The Hall–Kier alpha value is -2.65. The molecule has 0 aliphatic heterocycles. The van der Waals surface area contributed by atoms with Crippen molar-refractivity contribution >= 4 is 38.8 Å². The number of non-ortho nitro benzene ring substituents is 1. The third-order valence-electron chi connectivity index (χ3n) is 3.39. The molecule has 0 aromatic heterocycles. The number of carbonyl (C=O) groups excluding carboxylic acids is 1. The van der Waals surface area contributed by atoms with E-state index in [1.165, 1.54) is 12.1 Å². The molecule has 2 amide bonds. The Kier molecular flexibility index (Phi) is 6.17. The summed E-state index contributed by atoms with van der Waals surface area (Å²) < 4.78 is 23.3. The Bertz CT molecular complexity index is 919. The van der Waals surface area contributed by atoms with Crippen molar-refractivity contribution < 1.29 is 18.1 Å². The molecule has 10 heteroatoms. The minimum Gasteiger partial charge on any atom is -0.330 e. The van der Waals surface area contributed by atoms with Crippen LogP contribution in [-0.4, -0.2) is 31.4 Å². The number of hydrogen-bond acceptors (Lipinski definition) is 5. The van der Waals surface area contributed by atoms with Gasteiger partial charge in [-0.2, -0.15) is 0 Å². The molecular formula is C16H16ClN3O5S. The molecular weight excluding hydrogens is 382 g/mol. The second kappa shape index (κ2) is 8.15. The number of carbonyl (C=O) groups is 1. The van der Waals surface area contributed by atoms with Gasteiger partial charge in [0.1, 0.15) is 9.84 Å². The number of rotatable bonds is 6. The van der Waals surface area contributed by atoms with Gasteiger partial charge in [0.05, 0.1) is 27.4 Å². The lowest BCUT2D eigenvalue weighted by molar-refractivity contribution is -0.384. The van der Waals surface area contributed by atoms with Crippen LogP contribution in [0.1, 0.15) is 11.6 Å². The maximum absolute atomic E-state index is 12.2. The Balaban J connectivity index is 2.16. The van der Waals surface area contributed by atoms with Crippen LogP contribution in [0, 0.1) is 10.1 Å². The lowest BCUT2D eigenvalue weighted by Gasteiger charge is -2.19. The zero-order valence-electron chi connectivity index (χ0n) is 13.7. The molecule has 26 heavy (non-hydrogen) atoms. The monoisotopic (exact) mass is 397 g/mol. The topological polar surface area (TPSA) is 118 Å². The number of nitro groups is 1. The highest BCUT2D eigenvalue weighted by Gasteiger charge is 2.20. The molecule has 2 aromatic rings. The largest absolute Gasteiger partial charge is 0.330 e. The van der Waals surface area contributed by atoms with Crippen LogP contribution in [0.5, 0.6) is 0 Å². The van der Waals surface area contributed by atoms with E-state index in [1.807, 2.05) is 0 Å². The molecule has 0 aliphatic rings. The van der Waals surface area contributed by atoms with Gasteiger partial charge in [-0.1, -0.05) is 41.9 Å². The fourth-order valence-electron chi connectivity index (χ4n) is 2.24. The Labute approximate surface area is 155 Å². The minimum atomic E-state index is -3.36. The van der Waals surface area contributed by atoms with Crippen molar-refractivity contribution in [1.29, 1.82) is 0 Å². The standard InChI is InChI=1S/C16H16ClN3O5S/c1-26(24,25)10-15(11-5-3-2-4-6-11)19-16(21)18-14-8-7-12(20(22)23)9-13(14)17/h2-9,15H,10H2,1H3,(H2,18,19,21)/t15-/m0/s1. The van der Waals surface area contributed by atoms with Crippen LogP contribution in [0.2, 0.25) is 5.02 Å². The van der Waals surface area contributed by atoms with E-state index in [2.05, 4.69) is 10.6 Å². The van der Waals surface area contributed by atoms with E-state index in [9.17, 15) is 23.3 Å². The third-order valence-corrected chi connectivity index (χ3v) is 4.64. The number of nitrogens with one attached hydrogen (secondary N) is 2. The molecule has 0 spiro atoms. The van der Waals surface area contributed by atoms with Crippen LogP contribution in [0.4, 0.5) is 16.2 Å². The highest BCUT2D eigenvalue weighted by molar-refractivity contribution is 7.90. The molecule has 0 bridgehead atoms. The van der Waals surface area contributed by atoms with E-state index in [0.717, 1.165) is 12.3 Å².